The van der Waals surface area contributed by atoms with Crippen molar-refractivity contribution in [2.24, 2.45) is 0 Å². The van der Waals surface area contributed by atoms with E-state index in [1.807, 2.05) is 6.92 Å². The SMILES string of the molecule is C[C@H](Br)C(=O)N1C2CCC1CC2. The molecule has 0 aliphatic carbocycles. The third kappa shape index (κ3) is 1.18. The molecule has 2 rings (SSSR count). The van der Waals surface area contributed by atoms with Crippen molar-refractivity contribution in [2.75, 3.05) is 0 Å². The second-order valence-corrected chi connectivity index (χ2v) is 5.20. The second kappa shape index (κ2) is 3.02. The van der Waals surface area contributed by atoms with Gasteiger partial charge in [0, 0.05) is 12.1 Å². The number of hydrogen-bond acceptors (Lipinski definition) is 1. The quantitative estimate of drug-likeness (QED) is 0.632. The van der Waals surface area contributed by atoms with Gasteiger partial charge in [0.25, 0.3) is 0 Å². The van der Waals surface area contributed by atoms with Gasteiger partial charge in [-0.05, 0) is 32.6 Å². The summed E-state index contributed by atoms with van der Waals surface area (Å²) in [6.07, 6.45) is 4.93. The molecule has 0 unspecified atom stereocenters. The van der Waals surface area contributed by atoms with Crippen LogP contribution in [0.3, 0.4) is 0 Å². The fourth-order valence-corrected chi connectivity index (χ4v) is 2.71. The maximum Gasteiger partial charge on any atom is 0.236 e. The monoisotopic (exact) mass is 231 g/mol. The molecule has 2 nitrogen and oxygen atoms in total. The minimum absolute atomic E-state index is 0.00120. The average Bonchev–Trinajstić information content (AvgIpc) is 2.61. The van der Waals surface area contributed by atoms with Gasteiger partial charge in [-0.3, -0.25) is 4.79 Å². The van der Waals surface area contributed by atoms with Gasteiger partial charge in [0.2, 0.25) is 5.91 Å². The molecule has 0 aromatic carbocycles. The highest BCUT2D eigenvalue weighted by Gasteiger charge is 2.42. The van der Waals surface area contributed by atoms with Crippen LogP contribution in [0.5, 0.6) is 0 Å². The Balaban J connectivity index is 2.09. The second-order valence-electron chi connectivity index (χ2n) is 3.82. The lowest BCUT2D eigenvalue weighted by Gasteiger charge is -2.23. The number of carbonyl (C=O) groups is 1. The van der Waals surface area contributed by atoms with Crippen molar-refractivity contribution in [3.05, 3.63) is 0 Å². The normalized spacial score (nSPS) is 35.7. The highest BCUT2D eigenvalue weighted by molar-refractivity contribution is 9.10. The van der Waals surface area contributed by atoms with Crippen molar-refractivity contribution in [2.45, 2.75) is 49.5 Å². The summed E-state index contributed by atoms with van der Waals surface area (Å²) in [5, 5.41) is 0. The van der Waals surface area contributed by atoms with Crippen molar-refractivity contribution < 1.29 is 4.79 Å². The van der Waals surface area contributed by atoms with Gasteiger partial charge in [-0.2, -0.15) is 0 Å². The van der Waals surface area contributed by atoms with Crippen molar-refractivity contribution in [1.29, 1.82) is 0 Å². The molecule has 0 aromatic rings. The van der Waals surface area contributed by atoms with E-state index in [4.69, 9.17) is 0 Å². The molecule has 0 aromatic heterocycles. The Kier molecular flexibility index (Phi) is 2.15. The Morgan fingerprint density at radius 1 is 1.33 bits per heavy atom. The van der Waals surface area contributed by atoms with Crippen LogP contribution in [0.1, 0.15) is 32.6 Å². The number of amides is 1. The number of alkyl halides is 1. The smallest absolute Gasteiger partial charge is 0.236 e. The molecule has 0 radical (unpaired) electrons. The molecule has 0 spiro atoms. The minimum atomic E-state index is -0.00120. The molecule has 0 saturated carbocycles. The zero-order valence-corrected chi connectivity index (χ0v) is 8.88. The van der Waals surface area contributed by atoms with Gasteiger partial charge in [-0.15, -0.1) is 0 Å². The molecule has 12 heavy (non-hydrogen) atoms. The first-order valence-electron chi connectivity index (χ1n) is 4.66. The third-order valence-electron chi connectivity index (χ3n) is 3.05. The molecule has 2 saturated heterocycles. The fraction of sp³-hybridized carbons (Fsp3) is 0.889. The van der Waals surface area contributed by atoms with Gasteiger partial charge in [0.15, 0.2) is 0 Å². The van der Waals surface area contributed by atoms with Crippen molar-refractivity contribution in [1.82, 2.24) is 4.90 Å². The van der Waals surface area contributed by atoms with E-state index < -0.39 is 0 Å². The Hall–Kier alpha value is -0.0500. The summed E-state index contributed by atoms with van der Waals surface area (Å²) in [6.45, 7) is 1.92. The summed E-state index contributed by atoms with van der Waals surface area (Å²) in [6, 6.07) is 1.14. The summed E-state index contributed by atoms with van der Waals surface area (Å²) in [4.78, 5) is 13.8. The largest absolute Gasteiger partial charge is 0.336 e. The van der Waals surface area contributed by atoms with E-state index in [1.165, 1.54) is 25.7 Å². The van der Waals surface area contributed by atoms with Gasteiger partial charge in [-0.1, -0.05) is 15.9 Å². The zero-order chi connectivity index (χ0) is 8.72. The molecular formula is C9H14BrNO. The van der Waals surface area contributed by atoms with Crippen molar-refractivity contribution in [3.8, 4) is 0 Å². The predicted octanol–water partition coefficient (Wildman–Crippen LogP) is 1.92. The van der Waals surface area contributed by atoms with E-state index in [0.717, 1.165) is 0 Å². The molecule has 2 bridgehead atoms. The number of halogens is 1. The average molecular weight is 232 g/mol. The number of rotatable bonds is 1. The molecule has 68 valence electrons. The van der Waals surface area contributed by atoms with Crippen LogP contribution in [0, 0.1) is 0 Å². The van der Waals surface area contributed by atoms with Crippen molar-refractivity contribution in [3.63, 3.8) is 0 Å². The van der Waals surface area contributed by atoms with Gasteiger partial charge in [0.05, 0.1) is 4.83 Å². The lowest BCUT2D eigenvalue weighted by Crippen LogP contribution is -2.38. The molecule has 2 fully saturated rings. The molecule has 0 N–H and O–H groups in total. The first kappa shape index (κ1) is 8.54. The number of nitrogens with zero attached hydrogens (tertiary/aromatic N) is 1. The molecular weight excluding hydrogens is 218 g/mol. The third-order valence-corrected chi connectivity index (χ3v) is 3.44. The maximum absolute atomic E-state index is 11.7. The van der Waals surface area contributed by atoms with Gasteiger partial charge >= 0.3 is 0 Å². The number of hydrogen-bond donors (Lipinski definition) is 0. The summed E-state index contributed by atoms with van der Waals surface area (Å²) >= 11 is 3.34. The Labute approximate surface area is 81.4 Å². The van der Waals surface area contributed by atoms with Crippen LogP contribution in [-0.4, -0.2) is 27.7 Å². The molecule has 3 heteroatoms. The fourth-order valence-electron chi connectivity index (χ4n) is 2.48. The lowest BCUT2D eigenvalue weighted by molar-refractivity contribution is -0.131. The molecule has 2 aliphatic rings. The van der Waals surface area contributed by atoms with Gasteiger partial charge in [0.1, 0.15) is 0 Å². The van der Waals surface area contributed by atoms with E-state index in [-0.39, 0.29) is 4.83 Å². The highest BCUT2D eigenvalue weighted by atomic mass is 79.9. The molecule has 2 aliphatic heterocycles. The molecule has 2 heterocycles. The number of carbonyl (C=O) groups excluding carboxylic acids is 1. The van der Waals surface area contributed by atoms with Crippen LogP contribution >= 0.6 is 15.9 Å². The van der Waals surface area contributed by atoms with Crippen LogP contribution in [0.4, 0.5) is 0 Å². The van der Waals surface area contributed by atoms with Crippen LogP contribution in [0.2, 0.25) is 0 Å². The Morgan fingerprint density at radius 3 is 2.08 bits per heavy atom. The summed E-state index contributed by atoms with van der Waals surface area (Å²) < 4.78 is 0. The summed E-state index contributed by atoms with van der Waals surface area (Å²) in [5.41, 5.74) is 0. The van der Waals surface area contributed by atoms with Crippen LogP contribution in [0.25, 0.3) is 0 Å². The van der Waals surface area contributed by atoms with Crippen LogP contribution in [0.15, 0.2) is 0 Å². The van der Waals surface area contributed by atoms with Crippen molar-refractivity contribution >= 4 is 21.8 Å². The predicted molar refractivity (Wildman–Crippen MR) is 51.3 cm³/mol. The first-order chi connectivity index (χ1) is 5.70. The van der Waals surface area contributed by atoms with E-state index in [2.05, 4.69) is 20.8 Å². The standard InChI is InChI=1S/C9H14BrNO/c1-6(10)9(12)11-7-2-3-8(11)5-4-7/h6-8H,2-5H2,1H3/t6-,7?,8?/m0/s1. The van der Waals surface area contributed by atoms with E-state index in [0.29, 0.717) is 18.0 Å². The molecule has 1 amide bonds. The van der Waals surface area contributed by atoms with Gasteiger partial charge < -0.3 is 4.90 Å². The van der Waals surface area contributed by atoms with Gasteiger partial charge in [-0.25, -0.2) is 0 Å². The summed E-state index contributed by atoms with van der Waals surface area (Å²) in [5.74, 6) is 0.292. The number of fused-ring (bicyclic) bond motifs is 2. The Bertz CT molecular complexity index is 185. The zero-order valence-electron chi connectivity index (χ0n) is 7.29. The minimum Gasteiger partial charge on any atom is -0.336 e. The summed E-state index contributed by atoms with van der Waals surface area (Å²) in [7, 11) is 0. The first-order valence-corrected chi connectivity index (χ1v) is 5.58. The lowest BCUT2D eigenvalue weighted by atomic mass is 10.0. The van der Waals surface area contributed by atoms with E-state index in [9.17, 15) is 4.79 Å². The Morgan fingerprint density at radius 2 is 1.75 bits per heavy atom. The highest BCUT2D eigenvalue weighted by Crippen LogP contribution is 2.38. The van der Waals surface area contributed by atoms with Crippen LogP contribution in [-0.2, 0) is 4.79 Å². The van der Waals surface area contributed by atoms with E-state index in [1.54, 1.807) is 0 Å². The molecule has 1 atom stereocenters. The topological polar surface area (TPSA) is 20.3 Å². The maximum atomic E-state index is 11.7. The van der Waals surface area contributed by atoms with Crippen LogP contribution < -0.4 is 0 Å². The van der Waals surface area contributed by atoms with E-state index >= 15 is 0 Å².